The van der Waals surface area contributed by atoms with Gasteiger partial charge in [-0.3, -0.25) is 0 Å². The van der Waals surface area contributed by atoms with E-state index in [9.17, 15) is 12.7 Å². The Balaban J connectivity index is 3.97. The Labute approximate surface area is 55.2 Å². The Bertz CT molecular complexity index is 114. The number of ether oxygens (including phenoxy) is 1. The normalized spacial score (nSPS) is 11.1. The maximum absolute atomic E-state index is 11.9. The molecule has 0 bridgehead atoms. The van der Waals surface area contributed by atoms with E-state index in [0.29, 0.717) is 0 Å². The van der Waals surface area contributed by atoms with E-state index in [0.717, 1.165) is 7.11 Å². The van der Waals surface area contributed by atoms with E-state index in [1.54, 1.807) is 0 Å². The van der Waals surface area contributed by atoms with Gasteiger partial charge in [0.05, 0.1) is 7.11 Å². The first kappa shape index (κ1) is 8.68. The van der Waals surface area contributed by atoms with Gasteiger partial charge < -0.3 is 4.74 Å². The van der Waals surface area contributed by atoms with Crippen LogP contribution < -0.4 is 0 Å². The fraction of sp³-hybridized carbons (Fsp3) is 0.500. The van der Waals surface area contributed by atoms with Crippen molar-refractivity contribution in [1.29, 1.82) is 0 Å². The van der Waals surface area contributed by atoms with E-state index in [-0.39, 0.29) is 0 Å². The molecule has 0 aliphatic rings. The molecular weight excluding hydrogens is 153 g/mol. The van der Waals surface area contributed by atoms with Gasteiger partial charge in [-0.1, -0.05) is 6.58 Å². The second-order valence-electron chi connectivity index (χ2n) is 1.22. The lowest BCUT2D eigenvalue weighted by molar-refractivity contribution is 0.0726. The Morgan fingerprint density at radius 3 is 2.22 bits per heavy atom. The van der Waals surface area contributed by atoms with Crippen molar-refractivity contribution < 1.29 is 17.4 Å². The van der Waals surface area contributed by atoms with Crippen LogP contribution >= 0.6 is 12.1 Å². The number of hydrogen-bond acceptors (Lipinski definition) is 2. The Morgan fingerprint density at radius 1 is 1.67 bits per heavy atom. The molecule has 9 heavy (non-hydrogen) atoms. The van der Waals surface area contributed by atoms with Crippen LogP contribution in [0.5, 0.6) is 0 Å². The molecule has 0 spiro atoms. The summed E-state index contributed by atoms with van der Waals surface area (Å²) >= 11 is -1.10. The molecule has 0 aromatic heterocycles. The number of methoxy groups -OCH3 is 1. The molecule has 0 rings (SSSR count). The zero-order valence-corrected chi connectivity index (χ0v) is 5.47. The van der Waals surface area contributed by atoms with E-state index >= 15 is 0 Å². The van der Waals surface area contributed by atoms with Crippen LogP contribution in [0.25, 0.3) is 0 Å². The molecule has 0 saturated carbocycles. The highest BCUT2D eigenvalue weighted by molar-refractivity contribution is 7.95. The second-order valence-corrected chi connectivity index (χ2v) is 1.89. The molecule has 54 valence electrons. The minimum atomic E-state index is -3.62. The molecule has 0 amide bonds. The highest BCUT2D eigenvalue weighted by Crippen LogP contribution is 2.36. The third kappa shape index (κ3) is 2.17. The molecule has 0 heterocycles. The van der Waals surface area contributed by atoms with Crippen molar-refractivity contribution in [2.24, 2.45) is 0 Å². The van der Waals surface area contributed by atoms with Crippen LogP contribution in [0.1, 0.15) is 0 Å². The number of halogens is 3. The summed E-state index contributed by atoms with van der Waals surface area (Å²) in [5.74, 6) is -0.880. The molecule has 0 unspecified atom stereocenters. The van der Waals surface area contributed by atoms with Crippen LogP contribution in [-0.2, 0) is 4.74 Å². The SMILES string of the molecule is C=C(OC)C(F)(F)SF. The summed E-state index contributed by atoms with van der Waals surface area (Å²) in [6, 6.07) is 0. The van der Waals surface area contributed by atoms with Crippen LogP contribution in [0.2, 0.25) is 0 Å². The topological polar surface area (TPSA) is 9.23 Å². The predicted molar refractivity (Wildman–Crippen MR) is 29.8 cm³/mol. The quantitative estimate of drug-likeness (QED) is 0.583. The lowest BCUT2D eigenvalue weighted by Crippen LogP contribution is -2.12. The fourth-order valence-electron chi connectivity index (χ4n) is 0.162. The van der Waals surface area contributed by atoms with Gasteiger partial charge in [-0.2, -0.15) is 12.7 Å². The van der Waals surface area contributed by atoms with Crippen LogP contribution in [0.15, 0.2) is 12.3 Å². The summed E-state index contributed by atoms with van der Waals surface area (Å²) in [5.41, 5.74) is 0. The van der Waals surface area contributed by atoms with Crippen molar-refractivity contribution >= 4 is 12.1 Å². The smallest absolute Gasteiger partial charge is 0.378 e. The average molecular weight is 158 g/mol. The highest BCUT2D eigenvalue weighted by Gasteiger charge is 2.36. The van der Waals surface area contributed by atoms with Crippen LogP contribution in [0.4, 0.5) is 12.7 Å². The minimum Gasteiger partial charge on any atom is -0.494 e. The van der Waals surface area contributed by atoms with Crippen molar-refractivity contribution in [2.75, 3.05) is 7.11 Å². The third-order valence-electron chi connectivity index (χ3n) is 0.668. The van der Waals surface area contributed by atoms with E-state index in [1.165, 1.54) is 0 Å². The molecule has 0 aliphatic heterocycles. The lowest BCUT2D eigenvalue weighted by Gasteiger charge is -2.10. The molecule has 0 aromatic carbocycles. The molecule has 1 nitrogen and oxygen atoms in total. The van der Waals surface area contributed by atoms with Crippen molar-refractivity contribution in [3.63, 3.8) is 0 Å². The van der Waals surface area contributed by atoms with E-state index < -0.39 is 23.2 Å². The minimum absolute atomic E-state index is 0.880. The number of hydrogen-bond donors (Lipinski definition) is 0. The van der Waals surface area contributed by atoms with Gasteiger partial charge in [0.25, 0.3) is 0 Å². The fourth-order valence-corrected chi connectivity index (χ4v) is 0.331. The molecule has 0 saturated heterocycles. The maximum atomic E-state index is 11.9. The standard InChI is InChI=1S/C4H5F3OS/c1-3(8-2)4(5,6)9-7/h1H2,2H3. The zero-order chi connectivity index (χ0) is 7.49. The summed E-state index contributed by atoms with van der Waals surface area (Å²) in [4.78, 5) is 0. The second kappa shape index (κ2) is 3.00. The van der Waals surface area contributed by atoms with Crippen molar-refractivity contribution in [2.45, 2.75) is 5.25 Å². The van der Waals surface area contributed by atoms with Gasteiger partial charge in [0.2, 0.25) is 0 Å². The first-order valence-corrected chi connectivity index (χ1v) is 2.67. The molecule has 0 N–H and O–H groups in total. The summed E-state index contributed by atoms with van der Waals surface area (Å²) in [7, 11) is 1.01. The van der Waals surface area contributed by atoms with Gasteiger partial charge in [-0.05, 0) is 0 Å². The number of alkyl halides is 2. The van der Waals surface area contributed by atoms with Crippen LogP contribution in [0.3, 0.4) is 0 Å². The third-order valence-corrected chi connectivity index (χ3v) is 1.09. The van der Waals surface area contributed by atoms with Crippen molar-refractivity contribution in [3.8, 4) is 0 Å². The van der Waals surface area contributed by atoms with Crippen LogP contribution in [0, 0.1) is 0 Å². The number of rotatable bonds is 3. The summed E-state index contributed by atoms with van der Waals surface area (Å²) in [5, 5.41) is -3.62. The van der Waals surface area contributed by atoms with Crippen molar-refractivity contribution in [1.82, 2.24) is 0 Å². The van der Waals surface area contributed by atoms with Gasteiger partial charge in [0.1, 0.15) is 12.1 Å². The molecule has 5 heteroatoms. The van der Waals surface area contributed by atoms with Gasteiger partial charge in [-0.25, -0.2) is 0 Å². The Kier molecular flexibility index (Phi) is 2.90. The first-order chi connectivity index (χ1) is 4.04. The van der Waals surface area contributed by atoms with Crippen molar-refractivity contribution in [3.05, 3.63) is 12.3 Å². The molecule has 0 atom stereocenters. The monoisotopic (exact) mass is 158 g/mol. The molecule has 0 aliphatic carbocycles. The lowest BCUT2D eigenvalue weighted by atomic mass is 10.6. The largest absolute Gasteiger partial charge is 0.494 e. The van der Waals surface area contributed by atoms with Gasteiger partial charge in [-0.15, -0.1) is 0 Å². The molecule has 0 fully saturated rings. The van der Waals surface area contributed by atoms with E-state index in [4.69, 9.17) is 0 Å². The summed E-state index contributed by atoms with van der Waals surface area (Å²) in [6.45, 7) is 2.78. The zero-order valence-electron chi connectivity index (χ0n) is 4.66. The van der Waals surface area contributed by atoms with Gasteiger partial charge in [0.15, 0.2) is 5.76 Å². The predicted octanol–water partition coefficient (Wildman–Crippen LogP) is 2.36. The van der Waals surface area contributed by atoms with Gasteiger partial charge >= 0.3 is 5.25 Å². The molecule has 0 aromatic rings. The van der Waals surface area contributed by atoms with E-state index in [1.807, 2.05) is 0 Å². The molecular formula is C4H5F3OS. The summed E-state index contributed by atoms with van der Waals surface area (Å²) in [6.07, 6.45) is 0. The first-order valence-electron chi connectivity index (χ1n) is 1.95. The highest BCUT2D eigenvalue weighted by atomic mass is 32.2. The maximum Gasteiger partial charge on any atom is 0.378 e. The average Bonchev–Trinajstić information content (AvgIpc) is 1.86. The Morgan fingerprint density at radius 2 is 2.11 bits per heavy atom. The van der Waals surface area contributed by atoms with E-state index in [2.05, 4.69) is 11.3 Å². The Hall–Kier alpha value is -0.320. The summed E-state index contributed by atoms with van der Waals surface area (Å²) < 4.78 is 39.1. The molecule has 0 radical (unpaired) electrons. The van der Waals surface area contributed by atoms with Gasteiger partial charge in [0, 0.05) is 0 Å². The van der Waals surface area contributed by atoms with Crippen LogP contribution in [-0.4, -0.2) is 12.4 Å².